The predicted molar refractivity (Wildman–Crippen MR) is 127 cm³/mol. The van der Waals surface area contributed by atoms with Gasteiger partial charge in [-0.3, -0.25) is 9.59 Å². The van der Waals surface area contributed by atoms with Gasteiger partial charge in [0.05, 0.1) is 0 Å². The van der Waals surface area contributed by atoms with Crippen molar-refractivity contribution in [3.05, 3.63) is 66.0 Å². The fraction of sp³-hybridized carbons (Fsp3) is 0.391. The molecule has 1 aliphatic heterocycles. The molecule has 2 amide bonds. The van der Waals surface area contributed by atoms with Gasteiger partial charge in [-0.1, -0.05) is 30.3 Å². The van der Waals surface area contributed by atoms with Gasteiger partial charge in [-0.25, -0.2) is 12.8 Å². The molecule has 0 spiro atoms. The Morgan fingerprint density at radius 1 is 1.09 bits per heavy atom. The molecule has 0 radical (unpaired) electrons. The topological polar surface area (TPSA) is 95.6 Å². The number of hydrogen-bond donors (Lipinski definition) is 2. The second-order valence-corrected chi connectivity index (χ2v) is 10.5. The third kappa shape index (κ3) is 6.78. The van der Waals surface area contributed by atoms with E-state index in [1.807, 2.05) is 12.3 Å². The number of rotatable bonds is 9. The summed E-state index contributed by atoms with van der Waals surface area (Å²) in [5, 5.41) is 2.99. The lowest BCUT2D eigenvalue weighted by Crippen LogP contribution is -2.53. The number of benzene rings is 2. The minimum absolute atomic E-state index is 0.0680. The van der Waals surface area contributed by atoms with Crippen LogP contribution in [0.4, 0.5) is 4.39 Å². The van der Waals surface area contributed by atoms with Crippen LogP contribution in [0.15, 0.2) is 59.5 Å². The average molecular weight is 494 g/mol. The van der Waals surface area contributed by atoms with Crippen LogP contribution < -0.4 is 10.0 Å². The lowest BCUT2D eigenvalue weighted by atomic mass is 10.0. The van der Waals surface area contributed by atoms with Gasteiger partial charge < -0.3 is 10.2 Å². The van der Waals surface area contributed by atoms with Gasteiger partial charge in [0.2, 0.25) is 15.9 Å². The maximum absolute atomic E-state index is 14.1. The first-order chi connectivity index (χ1) is 15.8. The Kier molecular flexibility index (Phi) is 8.87. The van der Waals surface area contributed by atoms with Gasteiger partial charge in [0.15, 0.2) is 0 Å². The van der Waals surface area contributed by atoms with Crippen LogP contribution >= 0.6 is 11.8 Å². The molecule has 2 aromatic rings. The first-order valence-corrected chi connectivity index (χ1v) is 13.6. The lowest BCUT2D eigenvalue weighted by Gasteiger charge is -2.34. The van der Waals surface area contributed by atoms with E-state index < -0.39 is 26.8 Å². The molecule has 7 nitrogen and oxygen atoms in total. The lowest BCUT2D eigenvalue weighted by molar-refractivity contribution is -0.134. The number of halogens is 1. The van der Waals surface area contributed by atoms with Gasteiger partial charge in [0, 0.05) is 24.7 Å². The van der Waals surface area contributed by atoms with Gasteiger partial charge in [-0.05, 0) is 55.5 Å². The molecular formula is C23H28FN3O4S2. The predicted octanol–water partition coefficient (Wildman–Crippen LogP) is 2.65. The van der Waals surface area contributed by atoms with Crippen molar-refractivity contribution in [2.75, 3.05) is 25.1 Å². The number of thioether (sulfide) groups is 1. The molecule has 0 saturated carbocycles. The van der Waals surface area contributed by atoms with E-state index in [4.69, 9.17) is 0 Å². The summed E-state index contributed by atoms with van der Waals surface area (Å²) < 4.78 is 42.0. The highest BCUT2D eigenvalue weighted by atomic mass is 32.2. The number of nitrogens with zero attached hydrogens (tertiary/aromatic N) is 1. The van der Waals surface area contributed by atoms with E-state index in [-0.39, 0.29) is 17.9 Å². The van der Waals surface area contributed by atoms with E-state index in [1.165, 1.54) is 30.0 Å². The number of nitrogens with one attached hydrogen (secondary N) is 2. The van der Waals surface area contributed by atoms with Gasteiger partial charge in [0.25, 0.3) is 5.91 Å². The van der Waals surface area contributed by atoms with E-state index in [1.54, 1.807) is 29.2 Å². The molecule has 33 heavy (non-hydrogen) atoms. The van der Waals surface area contributed by atoms with Crippen molar-refractivity contribution < 1.29 is 22.4 Å². The Bertz CT molecular complexity index is 1060. The maximum atomic E-state index is 14.1. The van der Waals surface area contributed by atoms with Crippen LogP contribution in [-0.4, -0.2) is 62.3 Å². The SMILES string of the molecule is CSCC[C@@H](NS(=O)(=O)c1ccccc1F)C(=O)N1CCC(NC(=O)c2ccccc2)CC1. The molecule has 0 aliphatic carbocycles. The zero-order valence-electron chi connectivity index (χ0n) is 18.4. The molecule has 0 aromatic heterocycles. The number of likely N-dealkylation sites (tertiary alicyclic amines) is 1. The Morgan fingerprint density at radius 3 is 2.36 bits per heavy atom. The Hall–Kier alpha value is -2.43. The van der Waals surface area contributed by atoms with Crippen LogP contribution in [0.1, 0.15) is 29.6 Å². The molecule has 1 fully saturated rings. The molecule has 2 aromatic carbocycles. The van der Waals surface area contributed by atoms with E-state index >= 15 is 0 Å². The zero-order chi connectivity index (χ0) is 23.8. The van der Waals surface area contributed by atoms with E-state index in [0.717, 1.165) is 6.07 Å². The molecule has 0 unspecified atom stereocenters. The highest BCUT2D eigenvalue weighted by Gasteiger charge is 2.32. The van der Waals surface area contributed by atoms with Gasteiger partial charge in [-0.15, -0.1) is 0 Å². The monoisotopic (exact) mass is 493 g/mol. The van der Waals surface area contributed by atoms with Crippen LogP contribution in [0.25, 0.3) is 0 Å². The summed E-state index contributed by atoms with van der Waals surface area (Å²) in [5.74, 6) is -0.788. The first-order valence-electron chi connectivity index (χ1n) is 10.7. The molecule has 0 bridgehead atoms. The van der Waals surface area contributed by atoms with Crippen molar-refractivity contribution in [2.45, 2.75) is 36.2 Å². The smallest absolute Gasteiger partial charge is 0.251 e. The third-order valence-electron chi connectivity index (χ3n) is 5.51. The highest BCUT2D eigenvalue weighted by molar-refractivity contribution is 7.98. The van der Waals surface area contributed by atoms with Crippen LogP contribution in [0.3, 0.4) is 0 Å². The largest absolute Gasteiger partial charge is 0.349 e. The molecule has 3 rings (SSSR count). The molecule has 1 aliphatic rings. The summed E-state index contributed by atoms with van der Waals surface area (Å²) in [5.41, 5.74) is 0.579. The van der Waals surface area contributed by atoms with Crippen LogP contribution in [0.5, 0.6) is 0 Å². The van der Waals surface area contributed by atoms with Gasteiger partial charge >= 0.3 is 0 Å². The number of carbonyl (C=O) groups is 2. The van der Waals surface area contributed by atoms with Crippen LogP contribution in [0.2, 0.25) is 0 Å². The minimum atomic E-state index is -4.20. The Balaban J connectivity index is 1.62. The minimum Gasteiger partial charge on any atom is -0.349 e. The summed E-state index contributed by atoms with van der Waals surface area (Å²) >= 11 is 1.50. The molecule has 10 heteroatoms. The van der Waals surface area contributed by atoms with Crippen molar-refractivity contribution in [3.63, 3.8) is 0 Å². The second-order valence-electron chi connectivity index (χ2n) is 7.82. The summed E-state index contributed by atoms with van der Waals surface area (Å²) in [6.07, 6.45) is 3.30. The fourth-order valence-electron chi connectivity index (χ4n) is 3.70. The van der Waals surface area contributed by atoms with Crippen molar-refractivity contribution in [2.24, 2.45) is 0 Å². The normalized spacial score (nSPS) is 15.8. The molecule has 1 saturated heterocycles. The van der Waals surface area contributed by atoms with E-state index in [0.29, 0.717) is 43.7 Å². The standard InChI is InChI=1S/C23H28FN3O4S2/c1-32-16-13-20(26-33(30,31)21-10-6-5-9-19(21)24)23(29)27-14-11-18(12-15-27)25-22(28)17-7-3-2-4-8-17/h2-10,18,20,26H,11-16H2,1H3,(H,25,28)/t20-/m1/s1. The number of carbonyl (C=O) groups excluding carboxylic acids is 2. The van der Waals surface area contributed by atoms with Crippen molar-refractivity contribution in [1.82, 2.24) is 14.9 Å². The molecule has 178 valence electrons. The fourth-order valence-corrected chi connectivity index (χ4v) is 5.48. The molecular weight excluding hydrogens is 465 g/mol. The van der Waals surface area contributed by atoms with E-state index in [2.05, 4.69) is 10.0 Å². The highest BCUT2D eigenvalue weighted by Crippen LogP contribution is 2.18. The third-order valence-corrected chi connectivity index (χ3v) is 7.66. The summed E-state index contributed by atoms with van der Waals surface area (Å²) in [6, 6.07) is 13.0. The molecule has 1 heterocycles. The number of amides is 2. The van der Waals surface area contributed by atoms with E-state index in [9.17, 15) is 22.4 Å². The first kappa shape index (κ1) is 25.2. The Morgan fingerprint density at radius 2 is 1.73 bits per heavy atom. The average Bonchev–Trinajstić information content (AvgIpc) is 2.82. The number of piperidine rings is 1. The summed E-state index contributed by atoms with van der Waals surface area (Å²) in [6.45, 7) is 0.797. The molecule has 2 N–H and O–H groups in total. The van der Waals surface area contributed by atoms with Crippen molar-refractivity contribution in [1.29, 1.82) is 0 Å². The summed E-state index contributed by atoms with van der Waals surface area (Å²) in [7, 11) is -4.20. The van der Waals surface area contributed by atoms with Gasteiger partial charge in [0.1, 0.15) is 16.8 Å². The summed E-state index contributed by atoms with van der Waals surface area (Å²) in [4.78, 5) is 26.7. The number of sulfonamides is 1. The number of hydrogen-bond acceptors (Lipinski definition) is 5. The Labute approximate surface area is 198 Å². The maximum Gasteiger partial charge on any atom is 0.251 e. The molecule has 1 atom stereocenters. The van der Waals surface area contributed by atoms with Crippen molar-refractivity contribution >= 4 is 33.6 Å². The van der Waals surface area contributed by atoms with Crippen LogP contribution in [-0.2, 0) is 14.8 Å². The zero-order valence-corrected chi connectivity index (χ0v) is 20.0. The van der Waals surface area contributed by atoms with Crippen LogP contribution in [0, 0.1) is 5.82 Å². The quantitative estimate of drug-likeness (QED) is 0.560. The van der Waals surface area contributed by atoms with Crippen molar-refractivity contribution in [3.8, 4) is 0 Å². The second kappa shape index (κ2) is 11.6. The van der Waals surface area contributed by atoms with Gasteiger partial charge in [-0.2, -0.15) is 16.5 Å².